The van der Waals surface area contributed by atoms with Crippen molar-refractivity contribution in [3.05, 3.63) is 58.8 Å². The summed E-state index contributed by atoms with van der Waals surface area (Å²) >= 11 is 0. The summed E-state index contributed by atoms with van der Waals surface area (Å²) in [4.78, 5) is 0. The number of nitrogens with zero attached hydrogens (tertiary/aromatic N) is 1. The molecule has 148 valence electrons. The van der Waals surface area contributed by atoms with Crippen molar-refractivity contribution in [2.75, 3.05) is 19.0 Å². The lowest BCUT2D eigenvalue weighted by molar-refractivity contribution is 0.171. The van der Waals surface area contributed by atoms with Gasteiger partial charge in [0.15, 0.2) is 21.3 Å². The number of hydrogen-bond donors (Lipinski definition) is 0. The minimum atomic E-state index is -3.00. The summed E-state index contributed by atoms with van der Waals surface area (Å²) in [5.74, 6) is 1.98. The Morgan fingerprint density at radius 1 is 1.00 bits per heavy atom. The first kappa shape index (κ1) is 18.9. The maximum Gasteiger partial charge on any atom is 0.161 e. The monoisotopic (exact) mass is 399 g/mol. The molecule has 3 heterocycles. The number of fused-ring (bicyclic) bond motifs is 4. The number of aromatic nitrogens is 1. The number of sulfone groups is 1. The lowest BCUT2D eigenvalue weighted by Gasteiger charge is -2.19. The van der Waals surface area contributed by atoms with Gasteiger partial charge in [-0.25, -0.2) is 8.42 Å². The predicted octanol–water partition coefficient (Wildman–Crippen LogP) is 3.65. The van der Waals surface area contributed by atoms with Crippen LogP contribution in [0, 0.1) is 0 Å². The molecule has 0 spiro atoms. The predicted molar refractivity (Wildman–Crippen MR) is 111 cm³/mol. The Kier molecular flexibility index (Phi) is 4.62. The molecular weight excluding hydrogens is 374 g/mol. The van der Waals surface area contributed by atoms with Gasteiger partial charge in [0, 0.05) is 30.1 Å². The Balaban J connectivity index is 0.00000192. The summed E-state index contributed by atoms with van der Waals surface area (Å²) in [6.07, 6.45) is 1.36. The van der Waals surface area contributed by atoms with E-state index >= 15 is 0 Å². The average molecular weight is 400 g/mol. The first-order chi connectivity index (χ1) is 13.0. The van der Waals surface area contributed by atoms with Crippen LogP contribution in [-0.4, -0.2) is 32.0 Å². The van der Waals surface area contributed by atoms with Gasteiger partial charge < -0.3 is 14.0 Å². The number of aryl methyl sites for hydroxylation is 1. The smallest absolute Gasteiger partial charge is 0.161 e. The van der Waals surface area contributed by atoms with E-state index in [1.54, 1.807) is 0 Å². The topological polar surface area (TPSA) is 57.5 Å². The van der Waals surface area contributed by atoms with Crippen molar-refractivity contribution in [1.82, 2.24) is 4.57 Å². The molecule has 0 N–H and O–H groups in total. The zero-order chi connectivity index (χ0) is 18.6. The minimum Gasteiger partial charge on any atom is -0.486 e. The molecule has 0 atom stereocenters. The molecule has 28 heavy (non-hydrogen) atoms. The van der Waals surface area contributed by atoms with E-state index in [4.69, 9.17) is 9.47 Å². The van der Waals surface area contributed by atoms with Crippen LogP contribution in [0.5, 0.6) is 11.5 Å². The van der Waals surface area contributed by atoms with Gasteiger partial charge in [-0.05, 0) is 47.4 Å². The summed E-state index contributed by atoms with van der Waals surface area (Å²) in [6.45, 7) is 1.16. The van der Waals surface area contributed by atoms with Crippen LogP contribution in [-0.2, 0) is 35.5 Å². The van der Waals surface area contributed by atoms with E-state index in [1.165, 1.54) is 0 Å². The molecular formula is C22H25NO4S. The minimum absolute atomic E-state index is 0. The SMILES string of the molecule is C.Cn1c2c(c3cc(Cc4ccc5c(c4)OCCO5)ccc31)CS(=O)(=O)CC2. The lowest BCUT2D eigenvalue weighted by atomic mass is 10.0. The Labute approximate surface area is 165 Å². The van der Waals surface area contributed by atoms with Gasteiger partial charge >= 0.3 is 0 Å². The molecule has 6 heteroatoms. The fourth-order valence-corrected chi connectivity index (χ4v) is 5.60. The number of ether oxygens (including phenoxy) is 2. The van der Waals surface area contributed by atoms with Gasteiger partial charge in [-0.1, -0.05) is 19.6 Å². The van der Waals surface area contributed by atoms with Crippen molar-refractivity contribution in [2.24, 2.45) is 7.05 Å². The zero-order valence-corrected chi connectivity index (χ0v) is 16.0. The summed E-state index contributed by atoms with van der Waals surface area (Å²) in [5.41, 5.74) is 5.54. The van der Waals surface area contributed by atoms with Crippen molar-refractivity contribution in [3.8, 4) is 11.5 Å². The van der Waals surface area contributed by atoms with Crippen LogP contribution < -0.4 is 9.47 Å². The first-order valence-corrected chi connectivity index (χ1v) is 11.0. The maximum absolute atomic E-state index is 12.1. The summed E-state index contributed by atoms with van der Waals surface area (Å²) in [7, 11) is -0.973. The lowest BCUT2D eigenvalue weighted by Crippen LogP contribution is -2.19. The van der Waals surface area contributed by atoms with Crippen molar-refractivity contribution < 1.29 is 17.9 Å². The van der Waals surface area contributed by atoms with E-state index in [0.29, 0.717) is 19.6 Å². The third-order valence-electron chi connectivity index (χ3n) is 5.53. The summed E-state index contributed by atoms with van der Waals surface area (Å²) in [6, 6.07) is 12.4. The number of hydrogen-bond acceptors (Lipinski definition) is 4. The quantitative estimate of drug-likeness (QED) is 0.660. The standard InChI is InChI=1S/C21H21NO4S.CH4/c1-22-18-4-2-14(10-15-3-5-20-21(12-15)26-8-7-25-20)11-16(18)17-13-27(23,24)9-6-19(17)22;/h2-5,11-12H,6-10,13H2,1H3;1H4. The molecule has 0 aliphatic carbocycles. The summed E-state index contributed by atoms with van der Waals surface area (Å²) in [5, 5.41) is 1.06. The van der Waals surface area contributed by atoms with Crippen molar-refractivity contribution >= 4 is 20.7 Å². The van der Waals surface area contributed by atoms with Crippen LogP contribution in [0.4, 0.5) is 0 Å². The van der Waals surface area contributed by atoms with Crippen LogP contribution >= 0.6 is 0 Å². The molecule has 5 nitrogen and oxygen atoms in total. The van der Waals surface area contributed by atoms with Gasteiger partial charge in [0.2, 0.25) is 0 Å². The van der Waals surface area contributed by atoms with Gasteiger partial charge in [0.1, 0.15) is 13.2 Å². The Bertz CT molecular complexity index is 1160. The van der Waals surface area contributed by atoms with Crippen molar-refractivity contribution in [1.29, 1.82) is 0 Å². The molecule has 0 fully saturated rings. The van der Waals surface area contributed by atoms with E-state index in [1.807, 2.05) is 19.2 Å². The maximum atomic E-state index is 12.1. The molecule has 1 aromatic heterocycles. The molecule has 3 aromatic rings. The highest BCUT2D eigenvalue weighted by Crippen LogP contribution is 2.34. The largest absolute Gasteiger partial charge is 0.486 e. The first-order valence-electron chi connectivity index (χ1n) is 9.18. The number of benzene rings is 2. The van der Waals surface area contributed by atoms with Gasteiger partial charge in [0.25, 0.3) is 0 Å². The second-order valence-corrected chi connectivity index (χ2v) is 9.52. The third-order valence-corrected chi connectivity index (χ3v) is 7.08. The molecule has 0 radical (unpaired) electrons. The molecule has 2 aromatic carbocycles. The van der Waals surface area contributed by atoms with Crippen LogP contribution in [0.3, 0.4) is 0 Å². The van der Waals surface area contributed by atoms with Crippen LogP contribution in [0.25, 0.3) is 10.9 Å². The van der Waals surface area contributed by atoms with E-state index in [0.717, 1.165) is 51.2 Å². The fraction of sp³-hybridized carbons (Fsp3) is 0.364. The Morgan fingerprint density at radius 2 is 1.71 bits per heavy atom. The van der Waals surface area contributed by atoms with Crippen LogP contribution in [0.2, 0.25) is 0 Å². The van der Waals surface area contributed by atoms with Crippen LogP contribution in [0.15, 0.2) is 36.4 Å². The molecule has 0 saturated heterocycles. The van der Waals surface area contributed by atoms with Crippen LogP contribution in [0.1, 0.15) is 29.8 Å². The zero-order valence-electron chi connectivity index (χ0n) is 15.2. The second kappa shape index (κ2) is 6.85. The molecule has 5 rings (SSSR count). The molecule has 0 saturated carbocycles. The van der Waals surface area contributed by atoms with E-state index in [-0.39, 0.29) is 18.9 Å². The van der Waals surface area contributed by atoms with Gasteiger partial charge in [-0.2, -0.15) is 0 Å². The molecule has 0 unspecified atom stereocenters. The number of rotatable bonds is 2. The van der Waals surface area contributed by atoms with E-state index in [2.05, 4.69) is 28.8 Å². The van der Waals surface area contributed by atoms with Crippen molar-refractivity contribution in [2.45, 2.75) is 26.0 Å². The summed E-state index contributed by atoms with van der Waals surface area (Å²) < 4.78 is 37.7. The highest BCUT2D eigenvalue weighted by Gasteiger charge is 2.26. The van der Waals surface area contributed by atoms with Gasteiger partial charge in [-0.3, -0.25) is 0 Å². The Morgan fingerprint density at radius 3 is 2.54 bits per heavy atom. The molecule has 2 aliphatic rings. The fourth-order valence-electron chi connectivity index (χ4n) is 4.19. The van der Waals surface area contributed by atoms with Crippen molar-refractivity contribution in [3.63, 3.8) is 0 Å². The molecule has 2 aliphatic heterocycles. The molecule has 0 amide bonds. The normalized spacial score (nSPS) is 17.0. The third kappa shape index (κ3) is 3.15. The highest BCUT2D eigenvalue weighted by atomic mass is 32.2. The second-order valence-electron chi connectivity index (χ2n) is 7.33. The Hall–Kier alpha value is -2.47. The average Bonchev–Trinajstić information content (AvgIpc) is 2.92. The highest BCUT2D eigenvalue weighted by molar-refractivity contribution is 7.90. The van der Waals surface area contributed by atoms with Gasteiger partial charge in [-0.15, -0.1) is 0 Å². The van der Waals surface area contributed by atoms with E-state index < -0.39 is 9.84 Å². The molecule has 0 bridgehead atoms. The van der Waals surface area contributed by atoms with Gasteiger partial charge in [0.05, 0.1) is 11.5 Å². The van der Waals surface area contributed by atoms with E-state index in [9.17, 15) is 8.42 Å².